The van der Waals surface area contributed by atoms with Crippen molar-refractivity contribution < 1.29 is 9.18 Å². The Hall–Kier alpha value is -1.49. The fourth-order valence-electron chi connectivity index (χ4n) is 1.88. The van der Waals surface area contributed by atoms with E-state index in [0.29, 0.717) is 10.0 Å². The maximum absolute atomic E-state index is 13.2. The predicted octanol–water partition coefficient (Wildman–Crippen LogP) is 3.31. The van der Waals surface area contributed by atoms with Crippen LogP contribution in [0.4, 0.5) is 4.39 Å². The van der Waals surface area contributed by atoms with Crippen LogP contribution in [-0.2, 0) is 19.9 Å². The van der Waals surface area contributed by atoms with E-state index in [-0.39, 0.29) is 12.2 Å². The van der Waals surface area contributed by atoms with Gasteiger partial charge in [-0.05, 0) is 30.7 Å². The summed E-state index contributed by atoms with van der Waals surface area (Å²) >= 11 is 3.27. The molecule has 0 atom stereocenters. The Morgan fingerprint density at radius 3 is 2.79 bits per heavy atom. The van der Waals surface area contributed by atoms with Crippen molar-refractivity contribution in [2.75, 3.05) is 0 Å². The first-order chi connectivity index (χ1) is 9.01. The maximum Gasteiger partial charge on any atom is 0.170 e. The van der Waals surface area contributed by atoms with Crippen LogP contribution in [-0.4, -0.2) is 15.6 Å². The average Bonchev–Trinajstić information content (AvgIpc) is 2.73. The van der Waals surface area contributed by atoms with Crippen LogP contribution in [0.15, 0.2) is 28.7 Å². The van der Waals surface area contributed by atoms with E-state index in [1.807, 2.05) is 20.0 Å². The molecule has 19 heavy (non-hydrogen) atoms. The fourth-order valence-corrected chi connectivity index (χ4v) is 2.35. The number of rotatable bonds is 4. The average molecular weight is 325 g/mol. The third kappa shape index (κ3) is 3.10. The zero-order valence-corrected chi connectivity index (χ0v) is 12.4. The molecular formula is C14H14BrFN2O. The Morgan fingerprint density at radius 1 is 1.42 bits per heavy atom. The summed E-state index contributed by atoms with van der Waals surface area (Å²) in [6, 6.07) is 6.03. The number of hydrogen-bond acceptors (Lipinski definition) is 2. The first-order valence-electron chi connectivity index (χ1n) is 6.01. The van der Waals surface area contributed by atoms with Crippen molar-refractivity contribution in [3.05, 3.63) is 51.5 Å². The number of ketones is 1. The van der Waals surface area contributed by atoms with Gasteiger partial charge in [0.1, 0.15) is 5.82 Å². The van der Waals surface area contributed by atoms with Crippen molar-refractivity contribution in [3.8, 4) is 0 Å². The van der Waals surface area contributed by atoms with Gasteiger partial charge in [0.15, 0.2) is 5.78 Å². The van der Waals surface area contributed by atoms with Crippen LogP contribution < -0.4 is 0 Å². The largest absolute Gasteiger partial charge is 0.294 e. The molecule has 0 aliphatic heterocycles. The van der Waals surface area contributed by atoms with Crippen LogP contribution in [0.1, 0.15) is 28.7 Å². The van der Waals surface area contributed by atoms with Gasteiger partial charge in [0.25, 0.3) is 0 Å². The highest BCUT2D eigenvalue weighted by Crippen LogP contribution is 2.20. The third-order valence-electron chi connectivity index (χ3n) is 2.96. The first-order valence-corrected chi connectivity index (χ1v) is 6.80. The topological polar surface area (TPSA) is 34.9 Å². The highest BCUT2D eigenvalue weighted by molar-refractivity contribution is 9.10. The lowest BCUT2D eigenvalue weighted by Crippen LogP contribution is -2.08. The highest BCUT2D eigenvalue weighted by atomic mass is 79.9. The number of benzene rings is 1. The number of aryl methyl sites for hydroxylation is 2. The minimum absolute atomic E-state index is 0.128. The van der Waals surface area contributed by atoms with Crippen LogP contribution in [0, 0.1) is 5.82 Å². The van der Waals surface area contributed by atoms with E-state index in [4.69, 9.17) is 0 Å². The van der Waals surface area contributed by atoms with Crippen molar-refractivity contribution in [2.45, 2.75) is 19.8 Å². The van der Waals surface area contributed by atoms with Crippen LogP contribution in [0.5, 0.6) is 0 Å². The molecule has 1 aromatic heterocycles. The minimum Gasteiger partial charge on any atom is -0.294 e. The summed E-state index contributed by atoms with van der Waals surface area (Å²) in [5.41, 5.74) is 2.14. The zero-order valence-electron chi connectivity index (χ0n) is 10.8. The molecule has 0 saturated carbocycles. The van der Waals surface area contributed by atoms with Gasteiger partial charge in [0, 0.05) is 22.8 Å². The van der Waals surface area contributed by atoms with Crippen LogP contribution >= 0.6 is 15.9 Å². The van der Waals surface area contributed by atoms with Gasteiger partial charge in [-0.2, -0.15) is 5.10 Å². The van der Waals surface area contributed by atoms with E-state index >= 15 is 0 Å². The number of aromatic nitrogens is 2. The summed E-state index contributed by atoms with van der Waals surface area (Å²) in [5, 5.41) is 4.29. The van der Waals surface area contributed by atoms with Gasteiger partial charge in [0.2, 0.25) is 0 Å². The summed E-state index contributed by atoms with van der Waals surface area (Å²) < 4.78 is 15.5. The molecule has 5 heteroatoms. The van der Waals surface area contributed by atoms with Crippen LogP contribution in [0.3, 0.4) is 0 Å². The van der Waals surface area contributed by atoms with E-state index in [2.05, 4.69) is 21.0 Å². The van der Waals surface area contributed by atoms with Crippen LogP contribution in [0.2, 0.25) is 0 Å². The summed E-state index contributed by atoms with van der Waals surface area (Å²) in [4.78, 5) is 12.2. The van der Waals surface area contributed by atoms with E-state index < -0.39 is 5.82 Å². The summed E-state index contributed by atoms with van der Waals surface area (Å²) in [7, 11) is 1.81. The SMILES string of the molecule is CCc1cc(CC(=O)c2cc(F)ccc2Br)n(C)n1. The zero-order chi connectivity index (χ0) is 14.0. The van der Waals surface area contributed by atoms with Gasteiger partial charge in [0.05, 0.1) is 12.1 Å². The number of nitrogens with zero attached hydrogens (tertiary/aromatic N) is 2. The molecule has 2 rings (SSSR count). The number of halogens is 2. The van der Waals surface area contributed by atoms with Crippen molar-refractivity contribution in [1.82, 2.24) is 9.78 Å². The Morgan fingerprint density at radius 2 is 2.16 bits per heavy atom. The Kier molecular flexibility index (Phi) is 4.14. The Balaban J connectivity index is 2.25. The molecule has 1 aromatic carbocycles. The molecule has 0 fully saturated rings. The lowest BCUT2D eigenvalue weighted by molar-refractivity contribution is 0.0989. The highest BCUT2D eigenvalue weighted by Gasteiger charge is 2.14. The molecule has 0 bridgehead atoms. The fraction of sp³-hybridized carbons (Fsp3) is 0.286. The van der Waals surface area contributed by atoms with Crippen LogP contribution in [0.25, 0.3) is 0 Å². The van der Waals surface area contributed by atoms with E-state index in [1.165, 1.54) is 12.1 Å². The van der Waals surface area contributed by atoms with Gasteiger partial charge in [-0.25, -0.2) is 4.39 Å². The van der Waals surface area contributed by atoms with Crippen molar-refractivity contribution in [2.24, 2.45) is 7.05 Å². The molecule has 0 saturated heterocycles. The van der Waals surface area contributed by atoms with Gasteiger partial charge in [-0.1, -0.05) is 22.9 Å². The second-order valence-corrected chi connectivity index (χ2v) is 5.18. The van der Waals surface area contributed by atoms with Crippen molar-refractivity contribution in [1.29, 1.82) is 0 Å². The second kappa shape index (κ2) is 5.65. The standard InChI is InChI=1S/C14H14BrFN2O/c1-3-10-7-11(18(2)17-10)8-14(19)12-6-9(16)4-5-13(12)15/h4-7H,3,8H2,1-2H3. The van der Waals surface area contributed by atoms with Gasteiger partial charge in [-0.15, -0.1) is 0 Å². The molecule has 2 aromatic rings. The lowest BCUT2D eigenvalue weighted by atomic mass is 10.1. The van der Waals surface area contributed by atoms with E-state index in [1.54, 1.807) is 10.7 Å². The number of Topliss-reactive ketones (excluding diaryl/α,β-unsaturated/α-hetero) is 1. The molecule has 1 heterocycles. The molecular weight excluding hydrogens is 311 g/mol. The first kappa shape index (κ1) is 13.9. The van der Waals surface area contributed by atoms with Crippen molar-refractivity contribution >= 4 is 21.7 Å². The number of carbonyl (C=O) groups is 1. The van der Waals surface area contributed by atoms with Crippen molar-refractivity contribution in [3.63, 3.8) is 0 Å². The Labute approximate surface area is 119 Å². The van der Waals surface area contributed by atoms with E-state index in [9.17, 15) is 9.18 Å². The lowest BCUT2D eigenvalue weighted by Gasteiger charge is -2.04. The normalized spacial score (nSPS) is 10.7. The molecule has 0 N–H and O–H groups in total. The molecule has 0 aliphatic rings. The van der Waals surface area contributed by atoms with E-state index in [0.717, 1.165) is 17.8 Å². The number of carbonyl (C=O) groups excluding carboxylic acids is 1. The second-order valence-electron chi connectivity index (χ2n) is 4.33. The monoisotopic (exact) mass is 324 g/mol. The molecule has 3 nitrogen and oxygen atoms in total. The molecule has 0 radical (unpaired) electrons. The smallest absolute Gasteiger partial charge is 0.170 e. The molecule has 0 unspecified atom stereocenters. The molecule has 0 amide bonds. The maximum atomic E-state index is 13.2. The molecule has 0 aliphatic carbocycles. The van der Waals surface area contributed by atoms with Gasteiger partial charge < -0.3 is 0 Å². The van der Waals surface area contributed by atoms with Gasteiger partial charge in [-0.3, -0.25) is 9.48 Å². The predicted molar refractivity (Wildman–Crippen MR) is 74.7 cm³/mol. The third-order valence-corrected chi connectivity index (χ3v) is 3.65. The molecule has 0 spiro atoms. The molecule has 100 valence electrons. The summed E-state index contributed by atoms with van der Waals surface area (Å²) in [6.45, 7) is 2.01. The number of hydrogen-bond donors (Lipinski definition) is 0. The summed E-state index contributed by atoms with van der Waals surface area (Å²) in [6.07, 6.45) is 1.04. The quantitative estimate of drug-likeness (QED) is 0.809. The summed E-state index contributed by atoms with van der Waals surface area (Å²) in [5.74, 6) is -0.539. The van der Waals surface area contributed by atoms with Gasteiger partial charge >= 0.3 is 0 Å². The minimum atomic E-state index is -0.411. The Bertz CT molecular complexity index is 622.